The van der Waals surface area contributed by atoms with E-state index in [1.807, 2.05) is 0 Å². The highest BCUT2D eigenvalue weighted by atomic mass is 32.2. The predicted molar refractivity (Wildman–Crippen MR) is 105 cm³/mol. The number of carbonyl (C=O) groups is 1. The van der Waals surface area contributed by atoms with Crippen molar-refractivity contribution in [2.45, 2.75) is 48.8 Å². The largest absolute Gasteiger partial charge is 0.335 e. The summed E-state index contributed by atoms with van der Waals surface area (Å²) in [5, 5.41) is 1.80. The van der Waals surface area contributed by atoms with E-state index in [0.717, 1.165) is 13.0 Å². The number of quaternary nitrogens is 1. The zero-order valence-corrected chi connectivity index (χ0v) is 17.4. The molecule has 1 aromatic rings. The minimum absolute atomic E-state index is 0.274. The van der Waals surface area contributed by atoms with E-state index in [1.165, 1.54) is 48.3 Å². The summed E-state index contributed by atoms with van der Waals surface area (Å²) in [4.78, 5) is 16.3. The van der Waals surface area contributed by atoms with Gasteiger partial charge in [0.15, 0.2) is 6.54 Å². The molecule has 0 radical (unpaired) electrons. The lowest BCUT2D eigenvalue weighted by molar-refractivity contribution is -0.896. The van der Waals surface area contributed by atoms with E-state index in [-0.39, 0.29) is 5.91 Å². The number of nitrogens with zero attached hydrogens (tertiary/aromatic N) is 2. The Bertz CT molecular complexity index is 740. The van der Waals surface area contributed by atoms with Crippen molar-refractivity contribution >= 4 is 27.3 Å². The summed E-state index contributed by atoms with van der Waals surface area (Å²) in [6.07, 6.45) is 7.42. The van der Waals surface area contributed by atoms with Crippen molar-refractivity contribution in [3.63, 3.8) is 0 Å². The van der Waals surface area contributed by atoms with Gasteiger partial charge in [-0.15, -0.1) is 11.3 Å². The molecule has 1 amide bonds. The number of likely N-dealkylation sites (tertiary alicyclic amines) is 1. The number of hydrogen-bond acceptors (Lipinski definition) is 4. The summed E-state index contributed by atoms with van der Waals surface area (Å²) >= 11 is 1.27. The quantitative estimate of drug-likeness (QED) is 0.796. The number of amides is 1. The van der Waals surface area contributed by atoms with Crippen LogP contribution in [0.1, 0.15) is 38.5 Å². The Kier molecular flexibility index (Phi) is 5.87. The zero-order valence-electron chi connectivity index (χ0n) is 15.8. The molecule has 3 aliphatic rings. The minimum atomic E-state index is -3.36. The zero-order chi connectivity index (χ0) is 18.9. The summed E-state index contributed by atoms with van der Waals surface area (Å²) in [6.45, 7) is 3.82. The Morgan fingerprint density at radius 1 is 1.11 bits per heavy atom. The standard InChI is InChI=1S/C19H29N3O3S2/c23-18(22-9-3-6-16-5-1-2-7-17(16)22)15-20-10-12-21(13-11-20)27(24,25)19-8-4-14-26-19/h4,8,14,16-17H,1-3,5-7,9-13,15H2/p+1/t16-,17-/m0/s1. The molecule has 1 aromatic heterocycles. The van der Waals surface area contributed by atoms with E-state index >= 15 is 0 Å². The molecule has 6 nitrogen and oxygen atoms in total. The van der Waals surface area contributed by atoms with Gasteiger partial charge in [0.05, 0.1) is 26.2 Å². The van der Waals surface area contributed by atoms with Gasteiger partial charge in [0.1, 0.15) is 4.21 Å². The molecule has 150 valence electrons. The Hall–Kier alpha value is -0.960. The molecule has 0 spiro atoms. The maximum atomic E-state index is 13.0. The molecule has 0 aromatic carbocycles. The second-order valence-electron chi connectivity index (χ2n) is 8.10. The monoisotopic (exact) mass is 412 g/mol. The van der Waals surface area contributed by atoms with Crippen LogP contribution in [0.3, 0.4) is 0 Å². The molecule has 3 fully saturated rings. The predicted octanol–water partition coefficient (Wildman–Crippen LogP) is 0.819. The number of nitrogens with one attached hydrogen (secondary N) is 1. The first kappa shape index (κ1) is 19.4. The van der Waals surface area contributed by atoms with E-state index in [2.05, 4.69) is 4.90 Å². The minimum Gasteiger partial charge on any atom is -0.335 e. The molecule has 27 heavy (non-hydrogen) atoms. The van der Waals surface area contributed by atoms with E-state index < -0.39 is 10.0 Å². The lowest BCUT2D eigenvalue weighted by Crippen LogP contribution is -3.15. The van der Waals surface area contributed by atoms with Crippen LogP contribution in [0.25, 0.3) is 0 Å². The Morgan fingerprint density at radius 3 is 2.59 bits per heavy atom. The SMILES string of the molecule is O=C(C[NH+]1CCN(S(=O)(=O)c2cccs2)CC1)N1CCC[C@@H]2CCCC[C@@H]21. The van der Waals surface area contributed by atoms with Crippen LogP contribution in [0, 0.1) is 5.92 Å². The molecule has 1 aliphatic carbocycles. The van der Waals surface area contributed by atoms with Gasteiger partial charge in [0.25, 0.3) is 15.9 Å². The van der Waals surface area contributed by atoms with Crippen LogP contribution >= 0.6 is 11.3 Å². The van der Waals surface area contributed by atoms with Gasteiger partial charge in [-0.05, 0) is 43.0 Å². The molecule has 1 saturated carbocycles. The molecule has 4 rings (SSSR count). The molecule has 1 N–H and O–H groups in total. The van der Waals surface area contributed by atoms with Crippen LogP contribution < -0.4 is 4.90 Å². The summed E-state index contributed by atoms with van der Waals surface area (Å²) in [7, 11) is -3.36. The topological polar surface area (TPSA) is 62.1 Å². The van der Waals surface area contributed by atoms with E-state index in [1.54, 1.807) is 21.8 Å². The van der Waals surface area contributed by atoms with Crippen molar-refractivity contribution in [2.24, 2.45) is 5.92 Å². The van der Waals surface area contributed by atoms with Crippen LogP contribution in [0.5, 0.6) is 0 Å². The Morgan fingerprint density at radius 2 is 1.85 bits per heavy atom. The fourth-order valence-corrected chi connectivity index (χ4v) is 7.59. The molecule has 2 saturated heterocycles. The highest BCUT2D eigenvalue weighted by molar-refractivity contribution is 7.91. The van der Waals surface area contributed by atoms with Crippen molar-refractivity contribution in [1.29, 1.82) is 0 Å². The van der Waals surface area contributed by atoms with Gasteiger partial charge in [-0.1, -0.05) is 18.9 Å². The lowest BCUT2D eigenvalue weighted by atomic mass is 9.78. The van der Waals surface area contributed by atoms with Crippen molar-refractivity contribution < 1.29 is 18.1 Å². The number of piperazine rings is 1. The third kappa shape index (κ3) is 4.09. The molecule has 0 bridgehead atoms. The van der Waals surface area contributed by atoms with Gasteiger partial charge in [0, 0.05) is 12.6 Å². The van der Waals surface area contributed by atoms with E-state index in [4.69, 9.17) is 0 Å². The molecule has 2 atom stereocenters. The summed E-state index contributed by atoms with van der Waals surface area (Å²) in [5.41, 5.74) is 0. The Balaban J connectivity index is 1.32. The first-order valence-corrected chi connectivity index (χ1v) is 12.5. The number of carbonyl (C=O) groups excluding carboxylic acids is 1. The number of hydrogen-bond donors (Lipinski definition) is 1. The van der Waals surface area contributed by atoms with Crippen LogP contribution in [0.4, 0.5) is 0 Å². The second kappa shape index (κ2) is 8.19. The lowest BCUT2D eigenvalue weighted by Gasteiger charge is -2.44. The maximum absolute atomic E-state index is 13.0. The fraction of sp³-hybridized carbons (Fsp3) is 0.737. The molecule has 8 heteroatoms. The molecule has 2 aliphatic heterocycles. The van der Waals surface area contributed by atoms with Gasteiger partial charge in [-0.3, -0.25) is 4.79 Å². The summed E-state index contributed by atoms with van der Waals surface area (Å²) in [5.74, 6) is 0.982. The summed E-state index contributed by atoms with van der Waals surface area (Å²) in [6, 6.07) is 3.90. The van der Waals surface area contributed by atoms with Crippen molar-refractivity contribution in [2.75, 3.05) is 39.3 Å². The van der Waals surface area contributed by atoms with E-state index in [9.17, 15) is 13.2 Å². The summed E-state index contributed by atoms with van der Waals surface area (Å²) < 4.78 is 27.3. The number of fused-ring (bicyclic) bond motifs is 1. The number of sulfonamides is 1. The van der Waals surface area contributed by atoms with Crippen molar-refractivity contribution in [3.8, 4) is 0 Å². The molecular weight excluding hydrogens is 382 g/mol. The third-order valence-corrected chi connectivity index (χ3v) is 9.76. The highest BCUT2D eigenvalue weighted by Crippen LogP contribution is 2.35. The highest BCUT2D eigenvalue weighted by Gasteiger charge is 2.38. The number of piperidine rings is 1. The normalized spacial score (nSPS) is 28.1. The van der Waals surface area contributed by atoms with Crippen LogP contribution in [-0.2, 0) is 14.8 Å². The van der Waals surface area contributed by atoms with Crippen LogP contribution in [0.2, 0.25) is 0 Å². The van der Waals surface area contributed by atoms with Crippen LogP contribution in [-0.4, -0.2) is 68.8 Å². The van der Waals surface area contributed by atoms with Gasteiger partial charge in [-0.25, -0.2) is 8.42 Å². The first-order valence-electron chi connectivity index (χ1n) is 10.2. The number of thiophene rings is 1. The van der Waals surface area contributed by atoms with E-state index in [0.29, 0.717) is 48.9 Å². The van der Waals surface area contributed by atoms with Gasteiger partial charge < -0.3 is 9.80 Å². The third-order valence-electron chi connectivity index (χ3n) is 6.48. The van der Waals surface area contributed by atoms with Gasteiger partial charge in [-0.2, -0.15) is 4.31 Å². The smallest absolute Gasteiger partial charge is 0.278 e. The average Bonchev–Trinajstić information content (AvgIpc) is 3.24. The van der Waals surface area contributed by atoms with Crippen molar-refractivity contribution in [3.05, 3.63) is 17.5 Å². The first-order chi connectivity index (χ1) is 13.1. The van der Waals surface area contributed by atoms with Gasteiger partial charge >= 0.3 is 0 Å². The Labute approximate surface area is 166 Å². The average molecular weight is 413 g/mol. The molecular formula is C19H30N3O3S2+. The molecule has 3 heterocycles. The van der Waals surface area contributed by atoms with Gasteiger partial charge in [0.2, 0.25) is 0 Å². The second-order valence-corrected chi connectivity index (χ2v) is 11.2. The number of rotatable bonds is 4. The fourth-order valence-electron chi connectivity index (χ4n) is 5.01. The van der Waals surface area contributed by atoms with Crippen molar-refractivity contribution in [1.82, 2.24) is 9.21 Å². The maximum Gasteiger partial charge on any atom is 0.278 e. The molecule has 0 unspecified atom stereocenters. The van der Waals surface area contributed by atoms with Crippen LogP contribution in [0.15, 0.2) is 21.7 Å².